The monoisotopic (exact) mass is 365 g/mol. The van der Waals surface area contributed by atoms with E-state index in [0.717, 1.165) is 36.8 Å². The topological polar surface area (TPSA) is 33.1 Å². The van der Waals surface area contributed by atoms with E-state index in [9.17, 15) is 5.11 Å². The molecular weight excluding hydrogens is 337 g/mol. The summed E-state index contributed by atoms with van der Waals surface area (Å²) >= 11 is 0. The third-order valence-electron chi connectivity index (χ3n) is 8.21. The minimum atomic E-state index is -0.350. The van der Waals surface area contributed by atoms with Crippen LogP contribution in [-0.4, -0.2) is 16.2 Å². The second-order valence-electron chi connectivity index (χ2n) is 9.44. The molecule has 0 aliphatic heterocycles. The van der Waals surface area contributed by atoms with Gasteiger partial charge in [-0.2, -0.15) is 0 Å². The van der Waals surface area contributed by atoms with Gasteiger partial charge in [0, 0.05) is 24.2 Å². The average Bonchev–Trinajstić information content (AvgIpc) is 2.93. The van der Waals surface area contributed by atoms with Crippen LogP contribution < -0.4 is 0 Å². The number of aliphatic hydroxyl groups excluding tert-OH is 1. The quantitative estimate of drug-likeness (QED) is 0.669. The van der Waals surface area contributed by atoms with Gasteiger partial charge in [-0.1, -0.05) is 43.7 Å². The molecule has 0 saturated heterocycles. The van der Waals surface area contributed by atoms with Crippen LogP contribution in [0.2, 0.25) is 0 Å². The van der Waals surface area contributed by atoms with Crippen molar-refractivity contribution in [3.8, 4) is 0 Å². The summed E-state index contributed by atoms with van der Waals surface area (Å²) in [5.74, 6) is 1.46. The molecule has 1 heterocycles. The smallest absolute Gasteiger partial charge is 0.105 e. The molecule has 0 radical (unpaired) electrons. The van der Waals surface area contributed by atoms with Crippen LogP contribution in [0.25, 0.3) is 5.57 Å². The van der Waals surface area contributed by atoms with Crippen LogP contribution in [0.15, 0.2) is 54.2 Å². The van der Waals surface area contributed by atoms with Gasteiger partial charge in [-0.15, -0.1) is 0 Å². The van der Waals surface area contributed by atoms with Crippen molar-refractivity contribution in [2.24, 2.45) is 28.6 Å². The SMILES string of the molecule is C[C@]12C=CC(O)CC1=CC[C@@H]1[C@H]2CC[C@]2(C)C(c3cccnc3)=C(F)C[C@@H]12. The average molecular weight is 365 g/mol. The number of halogens is 1. The van der Waals surface area contributed by atoms with Crippen molar-refractivity contribution < 1.29 is 9.50 Å². The first-order valence-electron chi connectivity index (χ1n) is 10.3. The highest BCUT2D eigenvalue weighted by Crippen LogP contribution is 2.66. The second-order valence-corrected chi connectivity index (χ2v) is 9.44. The van der Waals surface area contributed by atoms with Crippen LogP contribution in [0.3, 0.4) is 0 Å². The molecule has 0 spiro atoms. The van der Waals surface area contributed by atoms with Crippen molar-refractivity contribution in [3.05, 3.63) is 59.7 Å². The fourth-order valence-corrected chi connectivity index (χ4v) is 6.84. The van der Waals surface area contributed by atoms with E-state index in [4.69, 9.17) is 0 Å². The first-order chi connectivity index (χ1) is 12.9. The zero-order valence-corrected chi connectivity index (χ0v) is 16.2. The molecule has 0 amide bonds. The summed E-state index contributed by atoms with van der Waals surface area (Å²) in [5.41, 5.74) is 3.18. The summed E-state index contributed by atoms with van der Waals surface area (Å²) in [6.07, 6.45) is 14.3. The molecule has 4 aliphatic carbocycles. The molecule has 6 atom stereocenters. The van der Waals surface area contributed by atoms with Gasteiger partial charge in [0.2, 0.25) is 0 Å². The molecule has 2 nitrogen and oxygen atoms in total. The van der Waals surface area contributed by atoms with E-state index in [1.54, 1.807) is 6.20 Å². The lowest BCUT2D eigenvalue weighted by molar-refractivity contribution is 0.0114. The van der Waals surface area contributed by atoms with Crippen LogP contribution in [0.5, 0.6) is 0 Å². The number of rotatable bonds is 1. The van der Waals surface area contributed by atoms with E-state index < -0.39 is 0 Å². The van der Waals surface area contributed by atoms with Crippen molar-refractivity contribution in [1.29, 1.82) is 0 Å². The summed E-state index contributed by atoms with van der Waals surface area (Å²) < 4.78 is 15.2. The van der Waals surface area contributed by atoms with Crippen molar-refractivity contribution in [1.82, 2.24) is 4.98 Å². The van der Waals surface area contributed by atoms with Gasteiger partial charge in [0.05, 0.1) is 6.10 Å². The van der Waals surface area contributed by atoms with Gasteiger partial charge in [0.1, 0.15) is 5.83 Å². The maximum atomic E-state index is 15.2. The Morgan fingerprint density at radius 3 is 2.85 bits per heavy atom. The highest BCUT2D eigenvalue weighted by Gasteiger charge is 2.57. The molecule has 3 heteroatoms. The molecule has 27 heavy (non-hydrogen) atoms. The number of nitrogens with zero attached hydrogens (tertiary/aromatic N) is 1. The lowest BCUT2D eigenvalue weighted by Gasteiger charge is -2.56. The molecule has 1 saturated carbocycles. The van der Waals surface area contributed by atoms with Gasteiger partial charge < -0.3 is 5.11 Å². The minimum absolute atomic E-state index is 0.0248. The van der Waals surface area contributed by atoms with Crippen LogP contribution in [0, 0.1) is 28.6 Å². The summed E-state index contributed by atoms with van der Waals surface area (Å²) in [7, 11) is 0. The predicted molar refractivity (Wildman–Crippen MR) is 105 cm³/mol. The number of allylic oxidation sites excluding steroid dienone is 4. The first kappa shape index (κ1) is 17.4. The first-order valence-corrected chi connectivity index (χ1v) is 10.3. The zero-order chi connectivity index (χ0) is 18.8. The number of pyridine rings is 1. The Kier molecular flexibility index (Phi) is 3.78. The molecule has 1 fully saturated rings. The van der Waals surface area contributed by atoms with E-state index in [2.05, 4.69) is 31.0 Å². The van der Waals surface area contributed by atoms with Gasteiger partial charge in [0.15, 0.2) is 0 Å². The van der Waals surface area contributed by atoms with Crippen LogP contribution in [-0.2, 0) is 0 Å². The highest BCUT2D eigenvalue weighted by molar-refractivity contribution is 5.74. The van der Waals surface area contributed by atoms with E-state index in [0.29, 0.717) is 24.2 Å². The Morgan fingerprint density at radius 1 is 1.22 bits per heavy atom. The van der Waals surface area contributed by atoms with E-state index >= 15 is 4.39 Å². The minimum Gasteiger partial charge on any atom is -0.389 e. The number of hydrogen-bond donors (Lipinski definition) is 1. The summed E-state index contributed by atoms with van der Waals surface area (Å²) in [6, 6.07) is 3.92. The molecule has 1 aromatic heterocycles. The normalized spacial score (nSPS) is 43.0. The molecule has 1 N–H and O–H groups in total. The van der Waals surface area contributed by atoms with Gasteiger partial charge in [-0.05, 0) is 66.1 Å². The third kappa shape index (κ3) is 2.37. The van der Waals surface area contributed by atoms with Gasteiger partial charge in [-0.25, -0.2) is 4.39 Å². The Morgan fingerprint density at radius 2 is 2.07 bits per heavy atom. The summed E-state index contributed by atoms with van der Waals surface area (Å²) in [4.78, 5) is 4.24. The highest BCUT2D eigenvalue weighted by atomic mass is 19.1. The lowest BCUT2D eigenvalue weighted by Crippen LogP contribution is -2.48. The molecule has 142 valence electrons. The van der Waals surface area contributed by atoms with Gasteiger partial charge in [-0.3, -0.25) is 4.98 Å². The van der Waals surface area contributed by atoms with Crippen molar-refractivity contribution >= 4 is 5.57 Å². The third-order valence-corrected chi connectivity index (χ3v) is 8.21. The Hall–Kier alpha value is -1.74. The van der Waals surface area contributed by atoms with E-state index in [1.807, 2.05) is 24.4 Å². The number of hydrogen-bond acceptors (Lipinski definition) is 2. The standard InChI is InChI=1S/C24H28FNO/c1-23-9-7-17(27)12-16(23)5-6-18-19(23)8-10-24(2)20(18)13-21(25)22(24)15-4-3-11-26-14-15/h3-5,7,9,11,14,17-20,27H,6,8,10,12-13H2,1-2H3/t17?,18-,19-,20+,23+,24+/m1/s1. The fourth-order valence-electron chi connectivity index (χ4n) is 6.84. The lowest BCUT2D eigenvalue weighted by atomic mass is 9.48. The molecule has 1 aromatic rings. The second kappa shape index (κ2) is 5.88. The number of aromatic nitrogens is 1. The van der Waals surface area contributed by atoms with Crippen LogP contribution in [0.1, 0.15) is 51.5 Å². The van der Waals surface area contributed by atoms with Crippen LogP contribution >= 0.6 is 0 Å². The van der Waals surface area contributed by atoms with Crippen molar-refractivity contribution in [2.75, 3.05) is 0 Å². The summed E-state index contributed by atoms with van der Waals surface area (Å²) in [5, 5.41) is 10.1. The zero-order valence-electron chi connectivity index (χ0n) is 16.2. The van der Waals surface area contributed by atoms with Crippen molar-refractivity contribution in [3.63, 3.8) is 0 Å². The Bertz CT molecular complexity index is 856. The van der Waals surface area contributed by atoms with E-state index in [1.165, 1.54) is 5.57 Å². The van der Waals surface area contributed by atoms with E-state index in [-0.39, 0.29) is 22.8 Å². The largest absolute Gasteiger partial charge is 0.389 e. The molecule has 4 aliphatic rings. The molecular formula is C24H28FNO. The Labute approximate surface area is 160 Å². The fraction of sp³-hybridized carbons (Fsp3) is 0.542. The molecule has 1 unspecified atom stereocenters. The molecule has 0 bridgehead atoms. The molecule has 0 aromatic carbocycles. The van der Waals surface area contributed by atoms with Crippen LogP contribution in [0.4, 0.5) is 4.39 Å². The maximum Gasteiger partial charge on any atom is 0.105 e. The predicted octanol–water partition coefficient (Wildman–Crippen LogP) is 5.47. The number of aliphatic hydroxyl groups is 1. The number of fused-ring (bicyclic) bond motifs is 5. The van der Waals surface area contributed by atoms with Gasteiger partial charge in [0.25, 0.3) is 0 Å². The van der Waals surface area contributed by atoms with Gasteiger partial charge >= 0.3 is 0 Å². The maximum absolute atomic E-state index is 15.2. The molecule has 5 rings (SSSR count). The Balaban J connectivity index is 1.53. The van der Waals surface area contributed by atoms with Crippen molar-refractivity contribution in [2.45, 2.75) is 52.1 Å². The summed E-state index contributed by atoms with van der Waals surface area (Å²) in [6.45, 7) is 4.62.